The standard InChI is InChI=1S/C25H28ClN3O5/c1-3-27-23(30)13-16-9-10-20-22(34-16)14-33-21-11-8-15(12-18(21)25(32)29(20)2)28-24(31)17-6-4-5-7-19(17)26/h4-8,11-12,16,20,22H,3,9-10,13-14H2,1-2H3,(H,27,30)(H,28,31)/t16-,20+,22+/m0/s1. The molecular formula is C25H28ClN3O5. The fourth-order valence-corrected chi connectivity index (χ4v) is 4.65. The van der Waals surface area contributed by atoms with Crippen LogP contribution in [0.3, 0.4) is 0 Å². The number of amides is 3. The summed E-state index contributed by atoms with van der Waals surface area (Å²) in [5.41, 5.74) is 1.18. The lowest BCUT2D eigenvalue weighted by molar-refractivity contribution is -0.133. The number of hydrogen-bond acceptors (Lipinski definition) is 5. The van der Waals surface area contributed by atoms with Crippen LogP contribution in [0.25, 0.3) is 0 Å². The first kappa shape index (κ1) is 24.0. The van der Waals surface area contributed by atoms with Crippen molar-refractivity contribution in [2.24, 2.45) is 0 Å². The first-order valence-corrected chi connectivity index (χ1v) is 11.8. The molecule has 0 spiro atoms. The molecule has 2 aromatic rings. The number of ether oxygens (including phenoxy) is 2. The molecule has 3 atom stereocenters. The zero-order valence-electron chi connectivity index (χ0n) is 19.2. The van der Waals surface area contributed by atoms with Crippen molar-refractivity contribution in [1.29, 1.82) is 0 Å². The third-order valence-electron chi connectivity index (χ3n) is 6.18. The summed E-state index contributed by atoms with van der Waals surface area (Å²) in [5, 5.41) is 5.94. The van der Waals surface area contributed by atoms with Gasteiger partial charge in [-0.2, -0.15) is 0 Å². The van der Waals surface area contributed by atoms with Gasteiger partial charge in [0.15, 0.2) is 0 Å². The SMILES string of the molecule is CCNC(=O)C[C@@H]1CC[C@@H]2[C@@H](COc3ccc(NC(=O)c4ccccc4Cl)cc3C(=O)N2C)O1. The van der Waals surface area contributed by atoms with Crippen LogP contribution in [0.4, 0.5) is 5.69 Å². The van der Waals surface area contributed by atoms with Gasteiger partial charge >= 0.3 is 0 Å². The maximum absolute atomic E-state index is 13.3. The van der Waals surface area contributed by atoms with E-state index in [-0.39, 0.29) is 42.6 Å². The first-order chi connectivity index (χ1) is 16.4. The summed E-state index contributed by atoms with van der Waals surface area (Å²) in [6.07, 6.45) is 1.13. The first-order valence-electron chi connectivity index (χ1n) is 11.4. The molecule has 0 aromatic heterocycles. The molecule has 3 amide bonds. The Kier molecular flexibility index (Phi) is 7.38. The topological polar surface area (TPSA) is 97.0 Å². The molecule has 2 N–H and O–H groups in total. The van der Waals surface area contributed by atoms with E-state index in [0.29, 0.717) is 53.4 Å². The molecule has 8 nitrogen and oxygen atoms in total. The van der Waals surface area contributed by atoms with Crippen LogP contribution in [0.15, 0.2) is 42.5 Å². The summed E-state index contributed by atoms with van der Waals surface area (Å²) in [5.74, 6) is -0.208. The minimum absolute atomic E-state index is 0.0427. The Bertz CT molecular complexity index is 1090. The molecule has 1 fully saturated rings. The van der Waals surface area contributed by atoms with Gasteiger partial charge in [-0.1, -0.05) is 23.7 Å². The lowest BCUT2D eigenvalue weighted by Gasteiger charge is -2.42. The summed E-state index contributed by atoms with van der Waals surface area (Å²) in [6.45, 7) is 2.71. The second-order valence-electron chi connectivity index (χ2n) is 8.47. The van der Waals surface area contributed by atoms with Gasteiger partial charge in [-0.15, -0.1) is 0 Å². The average Bonchev–Trinajstić information content (AvgIpc) is 2.82. The summed E-state index contributed by atoms with van der Waals surface area (Å²) in [7, 11) is 1.75. The molecule has 180 valence electrons. The lowest BCUT2D eigenvalue weighted by Crippen LogP contribution is -2.54. The second kappa shape index (κ2) is 10.4. The van der Waals surface area contributed by atoms with E-state index in [1.165, 1.54) is 0 Å². The van der Waals surface area contributed by atoms with Crippen molar-refractivity contribution >= 4 is 35.0 Å². The predicted molar refractivity (Wildman–Crippen MR) is 128 cm³/mol. The molecule has 0 saturated carbocycles. The number of halogens is 1. The van der Waals surface area contributed by atoms with E-state index < -0.39 is 0 Å². The van der Waals surface area contributed by atoms with Gasteiger partial charge in [0, 0.05) is 19.3 Å². The minimum Gasteiger partial charge on any atom is -0.490 e. The maximum Gasteiger partial charge on any atom is 0.257 e. The number of carbonyl (C=O) groups is 3. The van der Waals surface area contributed by atoms with E-state index >= 15 is 0 Å². The summed E-state index contributed by atoms with van der Waals surface area (Å²) < 4.78 is 12.1. The van der Waals surface area contributed by atoms with Gasteiger partial charge in [-0.25, -0.2) is 0 Å². The van der Waals surface area contributed by atoms with Gasteiger partial charge in [0.2, 0.25) is 5.91 Å². The van der Waals surface area contributed by atoms with Crippen LogP contribution in [0.2, 0.25) is 5.02 Å². The third kappa shape index (κ3) is 5.18. The van der Waals surface area contributed by atoms with Crippen molar-refractivity contribution in [3.63, 3.8) is 0 Å². The Morgan fingerprint density at radius 2 is 1.97 bits per heavy atom. The van der Waals surface area contributed by atoms with Crippen molar-refractivity contribution in [3.8, 4) is 5.75 Å². The zero-order valence-corrected chi connectivity index (χ0v) is 19.9. The lowest BCUT2D eigenvalue weighted by atomic mass is 9.94. The van der Waals surface area contributed by atoms with Gasteiger partial charge in [-0.05, 0) is 50.1 Å². The number of nitrogens with one attached hydrogen (secondary N) is 2. The van der Waals surface area contributed by atoms with Gasteiger partial charge < -0.3 is 25.0 Å². The van der Waals surface area contributed by atoms with E-state index in [0.717, 1.165) is 0 Å². The molecule has 0 radical (unpaired) electrons. The molecule has 9 heteroatoms. The summed E-state index contributed by atoms with van der Waals surface area (Å²) in [6, 6.07) is 11.6. The second-order valence-corrected chi connectivity index (χ2v) is 8.88. The van der Waals surface area contributed by atoms with E-state index in [1.807, 2.05) is 6.92 Å². The number of nitrogens with zero attached hydrogens (tertiary/aromatic N) is 1. The molecule has 2 heterocycles. The fraction of sp³-hybridized carbons (Fsp3) is 0.400. The van der Waals surface area contributed by atoms with Crippen LogP contribution in [-0.2, 0) is 9.53 Å². The van der Waals surface area contributed by atoms with E-state index in [1.54, 1.807) is 54.4 Å². The van der Waals surface area contributed by atoms with Crippen LogP contribution in [-0.4, -0.2) is 61.1 Å². The molecule has 4 rings (SSSR count). The predicted octanol–water partition coefficient (Wildman–Crippen LogP) is 3.50. The van der Waals surface area contributed by atoms with Crippen LogP contribution < -0.4 is 15.4 Å². The fourth-order valence-electron chi connectivity index (χ4n) is 4.43. The van der Waals surface area contributed by atoms with Gasteiger partial charge in [0.1, 0.15) is 18.5 Å². The highest BCUT2D eigenvalue weighted by atomic mass is 35.5. The Morgan fingerprint density at radius 3 is 2.74 bits per heavy atom. The Hall–Kier alpha value is -3.10. The van der Waals surface area contributed by atoms with Crippen molar-refractivity contribution < 1.29 is 23.9 Å². The Morgan fingerprint density at radius 1 is 1.18 bits per heavy atom. The maximum atomic E-state index is 13.3. The molecule has 2 aliphatic rings. The van der Waals surface area contributed by atoms with Crippen molar-refractivity contribution in [2.45, 2.75) is 44.4 Å². The highest BCUT2D eigenvalue weighted by Gasteiger charge is 2.39. The summed E-state index contributed by atoms with van der Waals surface area (Å²) in [4.78, 5) is 39.6. The Labute approximate surface area is 203 Å². The average molecular weight is 486 g/mol. The van der Waals surface area contributed by atoms with Crippen molar-refractivity contribution in [2.75, 3.05) is 25.5 Å². The van der Waals surface area contributed by atoms with E-state index in [2.05, 4.69) is 10.6 Å². The number of carbonyl (C=O) groups excluding carboxylic acids is 3. The molecule has 2 aromatic carbocycles. The highest BCUT2D eigenvalue weighted by molar-refractivity contribution is 6.34. The van der Waals surface area contributed by atoms with Crippen molar-refractivity contribution in [3.05, 3.63) is 58.6 Å². The third-order valence-corrected chi connectivity index (χ3v) is 6.50. The zero-order chi connectivity index (χ0) is 24.2. The minimum atomic E-state index is -0.364. The largest absolute Gasteiger partial charge is 0.490 e. The number of rotatable bonds is 5. The van der Waals surface area contributed by atoms with E-state index in [9.17, 15) is 14.4 Å². The van der Waals surface area contributed by atoms with Crippen LogP contribution in [0, 0.1) is 0 Å². The molecule has 1 saturated heterocycles. The normalized spacial score (nSPS) is 21.9. The van der Waals surface area contributed by atoms with Crippen LogP contribution >= 0.6 is 11.6 Å². The molecule has 34 heavy (non-hydrogen) atoms. The summed E-state index contributed by atoms with van der Waals surface area (Å²) >= 11 is 6.13. The molecule has 0 bridgehead atoms. The molecule has 0 aliphatic carbocycles. The van der Waals surface area contributed by atoms with E-state index in [4.69, 9.17) is 21.1 Å². The Balaban J connectivity index is 1.50. The molecular weight excluding hydrogens is 458 g/mol. The number of hydrogen-bond donors (Lipinski definition) is 2. The highest BCUT2D eigenvalue weighted by Crippen LogP contribution is 2.32. The van der Waals surface area contributed by atoms with Gasteiger partial charge in [0.25, 0.3) is 11.8 Å². The smallest absolute Gasteiger partial charge is 0.257 e. The molecule has 0 unspecified atom stereocenters. The molecule has 2 aliphatic heterocycles. The number of anilines is 1. The number of fused-ring (bicyclic) bond motifs is 2. The quantitative estimate of drug-likeness (QED) is 0.675. The van der Waals surface area contributed by atoms with Crippen molar-refractivity contribution in [1.82, 2.24) is 10.2 Å². The van der Waals surface area contributed by atoms with Gasteiger partial charge in [-0.3, -0.25) is 14.4 Å². The van der Waals surface area contributed by atoms with Crippen LogP contribution in [0.5, 0.6) is 5.75 Å². The number of benzene rings is 2. The van der Waals surface area contributed by atoms with Gasteiger partial charge in [0.05, 0.1) is 34.7 Å². The monoisotopic (exact) mass is 485 g/mol. The van der Waals surface area contributed by atoms with Crippen LogP contribution in [0.1, 0.15) is 46.9 Å². The number of likely N-dealkylation sites (N-methyl/N-ethyl adjacent to an activating group) is 1.